The molecule has 0 fully saturated rings. The molecule has 3 rings (SSSR count). The van der Waals surface area contributed by atoms with Gasteiger partial charge in [-0.25, -0.2) is 0 Å². The molecule has 0 saturated carbocycles. The van der Waals surface area contributed by atoms with Crippen LogP contribution in [0, 0.1) is 16.2 Å². The third kappa shape index (κ3) is 7.41. The van der Waals surface area contributed by atoms with Gasteiger partial charge in [-0.3, -0.25) is 0 Å². The van der Waals surface area contributed by atoms with Crippen LogP contribution in [-0.2, 0) is 13.3 Å². The van der Waals surface area contributed by atoms with Crippen molar-refractivity contribution in [1.82, 2.24) is 0 Å². The SMILES string of the molecule is CC1=CC(O[Si](C)(OC2C=C(C)CC(C)(C)C2)OC2C=C(C)CC(C)(C)C2)CC(C)(C)C1. The summed E-state index contributed by atoms with van der Waals surface area (Å²) in [7, 11) is -2.92. The van der Waals surface area contributed by atoms with Crippen molar-refractivity contribution in [3.8, 4) is 0 Å². The Morgan fingerprint density at radius 2 is 0.844 bits per heavy atom. The van der Waals surface area contributed by atoms with Gasteiger partial charge in [0.2, 0.25) is 0 Å². The van der Waals surface area contributed by atoms with Crippen LogP contribution in [0.1, 0.15) is 101 Å². The highest BCUT2D eigenvalue weighted by Crippen LogP contribution is 2.42. The summed E-state index contributed by atoms with van der Waals surface area (Å²) in [5.74, 6) is 0. The van der Waals surface area contributed by atoms with E-state index in [-0.39, 0.29) is 34.6 Å². The van der Waals surface area contributed by atoms with Crippen LogP contribution < -0.4 is 0 Å². The fourth-order valence-corrected chi connectivity index (χ4v) is 8.83. The second-order valence-electron chi connectivity index (χ2n) is 13.5. The first-order chi connectivity index (χ1) is 14.5. The molecule has 0 N–H and O–H groups in total. The van der Waals surface area contributed by atoms with Crippen LogP contribution in [0.4, 0.5) is 0 Å². The summed E-state index contributed by atoms with van der Waals surface area (Å²) in [5, 5.41) is 0. The van der Waals surface area contributed by atoms with Gasteiger partial charge in [0.05, 0.1) is 18.3 Å². The first-order valence-corrected chi connectivity index (χ1v) is 14.8. The van der Waals surface area contributed by atoms with Crippen molar-refractivity contribution >= 4 is 8.80 Å². The van der Waals surface area contributed by atoms with Crippen LogP contribution in [0.2, 0.25) is 6.55 Å². The van der Waals surface area contributed by atoms with Crippen molar-refractivity contribution < 1.29 is 13.3 Å². The fraction of sp³-hybridized carbons (Fsp3) is 0.786. The molecule has 3 aliphatic rings. The summed E-state index contributed by atoms with van der Waals surface area (Å²) in [6.07, 6.45) is 13.5. The van der Waals surface area contributed by atoms with Crippen LogP contribution in [0.5, 0.6) is 0 Å². The van der Waals surface area contributed by atoms with E-state index >= 15 is 0 Å². The minimum absolute atomic E-state index is 0.0544. The lowest BCUT2D eigenvalue weighted by atomic mass is 9.77. The monoisotopic (exact) mass is 460 g/mol. The first-order valence-electron chi connectivity index (χ1n) is 12.6. The average Bonchev–Trinajstić information content (AvgIpc) is 2.47. The van der Waals surface area contributed by atoms with E-state index in [2.05, 4.69) is 87.1 Å². The standard InChI is InChI=1S/C28H48O3Si/c1-20-11-23(17-26(4,5)14-20)29-32(10,30-24-12-21(2)15-27(6,7)18-24)31-25-13-22(3)16-28(8,9)19-25/h11-13,23-25H,14-19H2,1-10H3. The molecular formula is C28H48O3Si. The Morgan fingerprint density at radius 1 is 0.594 bits per heavy atom. The molecular weight excluding hydrogens is 412 g/mol. The average molecular weight is 461 g/mol. The second kappa shape index (κ2) is 9.17. The number of rotatable bonds is 6. The third-order valence-corrected chi connectivity index (χ3v) is 9.23. The Balaban J connectivity index is 1.85. The van der Waals surface area contributed by atoms with E-state index in [1.54, 1.807) is 0 Å². The molecule has 0 radical (unpaired) electrons. The molecule has 32 heavy (non-hydrogen) atoms. The molecule has 3 unspecified atom stereocenters. The van der Waals surface area contributed by atoms with Crippen LogP contribution in [-0.4, -0.2) is 27.1 Å². The van der Waals surface area contributed by atoms with Gasteiger partial charge in [0, 0.05) is 6.55 Å². The highest BCUT2D eigenvalue weighted by Gasteiger charge is 2.46. The third-order valence-electron chi connectivity index (χ3n) is 7.04. The molecule has 0 bridgehead atoms. The van der Waals surface area contributed by atoms with Crippen LogP contribution in [0.25, 0.3) is 0 Å². The Hall–Kier alpha value is -0.683. The molecule has 0 saturated heterocycles. The van der Waals surface area contributed by atoms with E-state index in [1.807, 2.05) is 0 Å². The molecule has 0 heterocycles. The smallest absolute Gasteiger partial charge is 0.367 e. The molecule has 182 valence electrons. The maximum atomic E-state index is 6.86. The van der Waals surface area contributed by atoms with Gasteiger partial charge in [-0.2, -0.15) is 0 Å². The molecule has 0 aliphatic heterocycles. The number of allylic oxidation sites excluding steroid dienone is 3. The predicted molar refractivity (Wildman–Crippen MR) is 137 cm³/mol. The first kappa shape index (κ1) is 25.9. The van der Waals surface area contributed by atoms with E-state index in [0.717, 1.165) is 38.5 Å². The van der Waals surface area contributed by atoms with Crippen molar-refractivity contribution in [2.75, 3.05) is 0 Å². The summed E-state index contributed by atoms with van der Waals surface area (Å²) in [4.78, 5) is 0. The van der Waals surface area contributed by atoms with Crippen LogP contribution in [0.3, 0.4) is 0 Å². The zero-order valence-corrected chi connectivity index (χ0v) is 23.4. The molecule has 4 heteroatoms. The zero-order chi connectivity index (χ0) is 23.9. The van der Waals surface area contributed by atoms with E-state index in [0.29, 0.717) is 0 Å². The molecule has 0 amide bonds. The molecule has 3 nitrogen and oxygen atoms in total. The summed E-state index contributed by atoms with van der Waals surface area (Å²) >= 11 is 0. The van der Waals surface area contributed by atoms with Gasteiger partial charge in [0.15, 0.2) is 0 Å². The zero-order valence-electron chi connectivity index (χ0n) is 22.4. The summed E-state index contributed by atoms with van der Waals surface area (Å²) in [5.41, 5.74) is 4.95. The van der Waals surface area contributed by atoms with Crippen LogP contribution >= 0.6 is 0 Å². The second-order valence-corrected chi connectivity index (χ2v) is 15.9. The normalized spacial score (nSPS) is 33.6. The number of hydrogen-bond acceptors (Lipinski definition) is 3. The summed E-state index contributed by atoms with van der Waals surface area (Å²) < 4.78 is 20.6. The quantitative estimate of drug-likeness (QED) is 0.297. The van der Waals surface area contributed by atoms with Gasteiger partial charge in [-0.1, -0.05) is 76.5 Å². The van der Waals surface area contributed by atoms with Crippen molar-refractivity contribution in [2.24, 2.45) is 16.2 Å². The molecule has 0 spiro atoms. The lowest BCUT2D eigenvalue weighted by Gasteiger charge is -2.43. The fourth-order valence-electron chi connectivity index (χ4n) is 6.56. The van der Waals surface area contributed by atoms with Crippen molar-refractivity contribution in [3.05, 3.63) is 34.9 Å². The maximum absolute atomic E-state index is 6.86. The lowest BCUT2D eigenvalue weighted by Crippen LogP contribution is -2.52. The maximum Gasteiger partial charge on any atom is 0.499 e. The van der Waals surface area contributed by atoms with E-state index in [4.69, 9.17) is 13.3 Å². The Labute approximate surface area is 199 Å². The highest BCUT2D eigenvalue weighted by molar-refractivity contribution is 6.59. The largest absolute Gasteiger partial charge is 0.499 e. The van der Waals surface area contributed by atoms with Crippen molar-refractivity contribution in [1.29, 1.82) is 0 Å². The van der Waals surface area contributed by atoms with Crippen molar-refractivity contribution in [3.63, 3.8) is 0 Å². The molecule has 3 aliphatic carbocycles. The Kier molecular flexibility index (Phi) is 7.43. The van der Waals surface area contributed by atoms with Crippen LogP contribution in [0.15, 0.2) is 34.9 Å². The van der Waals surface area contributed by atoms with Gasteiger partial charge in [0.1, 0.15) is 0 Å². The minimum Gasteiger partial charge on any atom is -0.367 e. The molecule has 0 aromatic heterocycles. The van der Waals surface area contributed by atoms with Gasteiger partial charge >= 0.3 is 8.80 Å². The molecule has 0 aromatic carbocycles. The van der Waals surface area contributed by atoms with E-state index in [1.165, 1.54) is 16.7 Å². The Morgan fingerprint density at radius 3 is 1.06 bits per heavy atom. The molecule has 3 atom stereocenters. The minimum atomic E-state index is -2.92. The van der Waals surface area contributed by atoms with E-state index < -0.39 is 8.80 Å². The van der Waals surface area contributed by atoms with E-state index in [9.17, 15) is 0 Å². The lowest BCUT2D eigenvalue weighted by molar-refractivity contribution is -0.0155. The summed E-state index contributed by atoms with van der Waals surface area (Å²) in [6.45, 7) is 22.8. The topological polar surface area (TPSA) is 27.7 Å². The van der Waals surface area contributed by atoms with Gasteiger partial charge in [-0.15, -0.1) is 0 Å². The van der Waals surface area contributed by atoms with Gasteiger partial charge in [-0.05, 0) is 75.5 Å². The van der Waals surface area contributed by atoms with Crippen molar-refractivity contribution in [2.45, 2.75) is 126 Å². The Bertz CT molecular complexity index is 684. The van der Waals surface area contributed by atoms with Gasteiger partial charge in [0.25, 0.3) is 0 Å². The number of hydrogen-bond donors (Lipinski definition) is 0. The van der Waals surface area contributed by atoms with Gasteiger partial charge < -0.3 is 13.3 Å². The molecule has 0 aromatic rings. The predicted octanol–water partition coefficient (Wildman–Crippen LogP) is 8.01. The highest BCUT2D eigenvalue weighted by atomic mass is 28.4. The summed E-state index contributed by atoms with van der Waals surface area (Å²) in [6, 6.07) is 0.